The number of nitrogens with two attached hydrogens (primary N) is 1. The molecule has 2 aliphatic rings. The van der Waals surface area contributed by atoms with Crippen molar-refractivity contribution >= 4 is 17.8 Å². The molecule has 1 atom stereocenters. The van der Waals surface area contributed by atoms with Gasteiger partial charge in [0.1, 0.15) is 11.5 Å². The molecule has 148 valence electrons. The number of aromatic nitrogens is 2. The molecule has 2 fully saturated rings. The number of aryl methyl sites for hydroxylation is 1. The first-order valence-electron chi connectivity index (χ1n) is 9.42. The SMILES string of the molecule is Cc1cc(C2CCON2C(=O)C2CCN(c3nccc(C(N)=O)n3)CC2)co1. The number of nitrogens with zero attached hydrogens (tertiary/aromatic N) is 4. The van der Waals surface area contributed by atoms with Gasteiger partial charge >= 0.3 is 0 Å². The van der Waals surface area contributed by atoms with Crippen molar-refractivity contribution in [1.29, 1.82) is 0 Å². The van der Waals surface area contributed by atoms with Crippen molar-refractivity contribution in [3.8, 4) is 0 Å². The van der Waals surface area contributed by atoms with Gasteiger partial charge in [-0.2, -0.15) is 0 Å². The zero-order chi connectivity index (χ0) is 19.7. The minimum absolute atomic E-state index is 0.00723. The van der Waals surface area contributed by atoms with E-state index in [-0.39, 0.29) is 23.6 Å². The minimum Gasteiger partial charge on any atom is -0.469 e. The number of furan rings is 1. The predicted molar refractivity (Wildman–Crippen MR) is 99.1 cm³/mol. The Morgan fingerprint density at radius 1 is 1.25 bits per heavy atom. The van der Waals surface area contributed by atoms with Gasteiger partial charge in [-0.15, -0.1) is 0 Å². The summed E-state index contributed by atoms with van der Waals surface area (Å²) in [7, 11) is 0. The normalized spacial score (nSPS) is 20.5. The van der Waals surface area contributed by atoms with Crippen molar-refractivity contribution < 1.29 is 18.8 Å². The van der Waals surface area contributed by atoms with E-state index in [1.54, 1.807) is 6.26 Å². The molecular weight excluding hydrogens is 362 g/mol. The second kappa shape index (κ2) is 7.59. The third-order valence-electron chi connectivity index (χ3n) is 5.28. The van der Waals surface area contributed by atoms with E-state index >= 15 is 0 Å². The molecule has 2 saturated heterocycles. The Labute approximate surface area is 162 Å². The van der Waals surface area contributed by atoms with E-state index in [1.807, 2.05) is 17.9 Å². The molecule has 0 saturated carbocycles. The first kappa shape index (κ1) is 18.4. The van der Waals surface area contributed by atoms with Crippen LogP contribution < -0.4 is 10.6 Å². The van der Waals surface area contributed by atoms with Gasteiger partial charge in [0.05, 0.1) is 18.9 Å². The summed E-state index contributed by atoms with van der Waals surface area (Å²) >= 11 is 0. The summed E-state index contributed by atoms with van der Waals surface area (Å²) in [5.74, 6) is 0.588. The zero-order valence-corrected chi connectivity index (χ0v) is 15.7. The van der Waals surface area contributed by atoms with Gasteiger partial charge in [-0.25, -0.2) is 15.0 Å². The van der Waals surface area contributed by atoms with Gasteiger partial charge in [-0.3, -0.25) is 14.4 Å². The monoisotopic (exact) mass is 385 g/mol. The van der Waals surface area contributed by atoms with Crippen molar-refractivity contribution in [3.63, 3.8) is 0 Å². The molecule has 2 aromatic heterocycles. The van der Waals surface area contributed by atoms with Crippen LogP contribution >= 0.6 is 0 Å². The molecule has 9 nitrogen and oxygen atoms in total. The van der Waals surface area contributed by atoms with Gasteiger partial charge in [-0.1, -0.05) is 0 Å². The number of anilines is 1. The number of hydrogen-bond donors (Lipinski definition) is 1. The third-order valence-corrected chi connectivity index (χ3v) is 5.28. The highest BCUT2D eigenvalue weighted by atomic mass is 16.7. The Hall–Kier alpha value is -2.94. The molecule has 2 aliphatic heterocycles. The van der Waals surface area contributed by atoms with Crippen LogP contribution in [0.5, 0.6) is 0 Å². The average molecular weight is 385 g/mol. The number of amides is 2. The molecule has 0 aromatic carbocycles. The highest BCUT2D eigenvalue weighted by Gasteiger charge is 2.37. The fourth-order valence-electron chi connectivity index (χ4n) is 3.77. The lowest BCUT2D eigenvalue weighted by Crippen LogP contribution is -2.42. The summed E-state index contributed by atoms with van der Waals surface area (Å²) in [6.45, 7) is 3.66. The van der Waals surface area contributed by atoms with Crippen LogP contribution in [0.2, 0.25) is 0 Å². The highest BCUT2D eigenvalue weighted by molar-refractivity contribution is 5.90. The van der Waals surface area contributed by atoms with E-state index in [4.69, 9.17) is 15.0 Å². The van der Waals surface area contributed by atoms with E-state index in [0.29, 0.717) is 38.5 Å². The highest BCUT2D eigenvalue weighted by Crippen LogP contribution is 2.34. The molecule has 4 rings (SSSR count). The maximum Gasteiger partial charge on any atom is 0.267 e. The van der Waals surface area contributed by atoms with Crippen molar-refractivity contribution in [3.05, 3.63) is 41.6 Å². The van der Waals surface area contributed by atoms with Gasteiger partial charge in [0.15, 0.2) is 0 Å². The van der Waals surface area contributed by atoms with E-state index < -0.39 is 5.91 Å². The van der Waals surface area contributed by atoms with Crippen LogP contribution in [0.15, 0.2) is 29.0 Å². The largest absolute Gasteiger partial charge is 0.469 e. The molecule has 2 aromatic rings. The summed E-state index contributed by atoms with van der Waals surface area (Å²) < 4.78 is 5.39. The van der Waals surface area contributed by atoms with Gasteiger partial charge in [-0.05, 0) is 31.9 Å². The molecule has 0 aliphatic carbocycles. The van der Waals surface area contributed by atoms with Gasteiger partial charge < -0.3 is 15.1 Å². The molecule has 9 heteroatoms. The molecule has 2 N–H and O–H groups in total. The lowest BCUT2D eigenvalue weighted by atomic mass is 9.95. The standard InChI is InChI=1S/C19H23N5O4/c1-12-10-14(11-27-12)16-5-9-28-24(16)18(26)13-3-7-23(8-4-13)19-21-6-2-15(22-19)17(20)25/h2,6,10-11,13,16H,3-5,7-9H2,1H3,(H2,20,25). The lowest BCUT2D eigenvalue weighted by Gasteiger charge is -2.33. The van der Waals surface area contributed by atoms with E-state index in [2.05, 4.69) is 9.97 Å². The van der Waals surface area contributed by atoms with Gasteiger partial charge in [0.25, 0.3) is 5.91 Å². The van der Waals surface area contributed by atoms with Crippen molar-refractivity contribution in [1.82, 2.24) is 15.0 Å². The maximum atomic E-state index is 13.0. The Bertz CT molecular complexity index is 875. The molecule has 2 amide bonds. The predicted octanol–water partition coefficient (Wildman–Crippen LogP) is 1.60. The number of hydrogen-bond acceptors (Lipinski definition) is 7. The number of piperidine rings is 1. The van der Waals surface area contributed by atoms with Gasteiger partial charge in [0, 0.05) is 37.2 Å². The molecule has 0 radical (unpaired) electrons. The van der Waals surface area contributed by atoms with Crippen molar-refractivity contribution in [2.75, 3.05) is 24.6 Å². The number of carbonyl (C=O) groups excluding carboxylic acids is 2. The first-order valence-corrected chi connectivity index (χ1v) is 9.42. The van der Waals surface area contributed by atoms with Crippen LogP contribution in [-0.4, -0.2) is 46.5 Å². The molecule has 0 bridgehead atoms. The number of primary amides is 1. The van der Waals surface area contributed by atoms with Crippen LogP contribution in [0, 0.1) is 12.8 Å². The van der Waals surface area contributed by atoms with Gasteiger partial charge in [0.2, 0.25) is 11.9 Å². The van der Waals surface area contributed by atoms with E-state index in [1.165, 1.54) is 17.3 Å². The molecule has 1 unspecified atom stereocenters. The van der Waals surface area contributed by atoms with Crippen molar-refractivity contribution in [2.24, 2.45) is 11.7 Å². The summed E-state index contributed by atoms with van der Waals surface area (Å²) in [6.07, 6.45) is 5.31. The number of hydroxylamine groups is 2. The zero-order valence-electron chi connectivity index (χ0n) is 15.7. The van der Waals surface area contributed by atoms with E-state index in [0.717, 1.165) is 17.7 Å². The lowest BCUT2D eigenvalue weighted by molar-refractivity contribution is -0.182. The third kappa shape index (κ3) is 3.57. The topological polar surface area (TPSA) is 115 Å². The summed E-state index contributed by atoms with van der Waals surface area (Å²) in [5, 5.41) is 1.52. The maximum absolute atomic E-state index is 13.0. The van der Waals surface area contributed by atoms with E-state index in [9.17, 15) is 9.59 Å². The Morgan fingerprint density at radius 3 is 2.71 bits per heavy atom. The van der Waals surface area contributed by atoms with Crippen LogP contribution in [0.4, 0.5) is 5.95 Å². The van der Waals surface area contributed by atoms with Crippen LogP contribution in [0.1, 0.15) is 47.1 Å². The molecule has 0 spiro atoms. The van der Waals surface area contributed by atoms with Crippen LogP contribution in [-0.2, 0) is 9.63 Å². The Morgan fingerprint density at radius 2 is 2.04 bits per heavy atom. The van der Waals surface area contributed by atoms with Crippen LogP contribution in [0.3, 0.4) is 0 Å². The average Bonchev–Trinajstić information content (AvgIpc) is 3.36. The summed E-state index contributed by atoms with van der Waals surface area (Å²) in [4.78, 5) is 40.4. The quantitative estimate of drug-likeness (QED) is 0.850. The second-order valence-electron chi connectivity index (χ2n) is 7.16. The smallest absolute Gasteiger partial charge is 0.267 e. The molecule has 28 heavy (non-hydrogen) atoms. The fraction of sp³-hybridized carbons (Fsp3) is 0.474. The minimum atomic E-state index is -0.583. The Kier molecular flexibility index (Phi) is 4.99. The summed E-state index contributed by atoms with van der Waals surface area (Å²) in [6, 6.07) is 3.34. The first-order chi connectivity index (χ1) is 13.5. The van der Waals surface area contributed by atoms with Crippen LogP contribution in [0.25, 0.3) is 0 Å². The summed E-state index contributed by atoms with van der Waals surface area (Å²) in [5.41, 5.74) is 6.44. The number of rotatable bonds is 4. The Balaban J connectivity index is 1.40. The second-order valence-corrected chi connectivity index (χ2v) is 7.16. The van der Waals surface area contributed by atoms with Crippen molar-refractivity contribution in [2.45, 2.75) is 32.2 Å². The number of carbonyl (C=O) groups is 2. The fourth-order valence-corrected chi connectivity index (χ4v) is 3.77. The molecular formula is C19H23N5O4. The molecule has 4 heterocycles.